The quantitative estimate of drug-likeness (QED) is 0.483. The third kappa shape index (κ3) is 4.05. The fourth-order valence-electron chi connectivity index (χ4n) is 6.83. The van der Waals surface area contributed by atoms with Crippen LogP contribution in [0.3, 0.4) is 0 Å². The molecule has 2 aromatic carbocycles. The highest BCUT2D eigenvalue weighted by Gasteiger charge is 2.35. The van der Waals surface area contributed by atoms with E-state index in [1.165, 1.54) is 68.0 Å². The molecule has 1 saturated carbocycles. The number of benzene rings is 2. The van der Waals surface area contributed by atoms with Gasteiger partial charge in [-0.15, -0.1) is 0 Å². The standard InChI is InChI=1S/C30H38N2O2/c1-21-8-5-6-13-29(21)34-20-24(33)19-31-16-17-32-27-15-14-23(22-9-3-2-4-10-22)18-26(27)25-11-7-12-28(31)30(25)32/h5-6,8,13-15,18,22,24,28,33H,2-4,7,9-12,16-17,19-20H2,1H3/t24-,28-/m0/s1. The Morgan fingerprint density at radius 3 is 2.71 bits per heavy atom. The Balaban J connectivity index is 1.22. The first kappa shape index (κ1) is 22.2. The molecular weight excluding hydrogens is 420 g/mol. The summed E-state index contributed by atoms with van der Waals surface area (Å²) in [7, 11) is 0. The second-order valence-electron chi connectivity index (χ2n) is 10.8. The molecule has 0 spiro atoms. The molecule has 4 heteroatoms. The zero-order valence-electron chi connectivity index (χ0n) is 20.5. The van der Waals surface area contributed by atoms with E-state index in [0.717, 1.165) is 30.3 Å². The van der Waals surface area contributed by atoms with Gasteiger partial charge >= 0.3 is 0 Å². The first-order valence-corrected chi connectivity index (χ1v) is 13.4. The van der Waals surface area contributed by atoms with Crippen LogP contribution < -0.4 is 4.74 Å². The van der Waals surface area contributed by atoms with Crippen molar-refractivity contribution in [3.8, 4) is 5.75 Å². The van der Waals surface area contributed by atoms with E-state index in [2.05, 4.69) is 40.7 Å². The summed E-state index contributed by atoms with van der Waals surface area (Å²) in [6.07, 6.45) is 10.0. The minimum Gasteiger partial charge on any atom is -0.491 e. The lowest BCUT2D eigenvalue weighted by atomic mass is 9.83. The number of β-amino-alcohol motifs (C(OH)–C–C–N with tert-alkyl or cyclic N) is 1. The molecule has 1 aromatic heterocycles. The van der Waals surface area contributed by atoms with Crippen LogP contribution in [0.1, 0.15) is 79.3 Å². The number of fused-ring (bicyclic) bond motifs is 3. The molecule has 0 unspecified atom stereocenters. The van der Waals surface area contributed by atoms with Gasteiger partial charge in [0.2, 0.25) is 0 Å². The molecule has 3 aliphatic rings. The molecule has 1 N–H and O–H groups in total. The lowest BCUT2D eigenvalue weighted by Crippen LogP contribution is -2.44. The van der Waals surface area contributed by atoms with Crippen molar-refractivity contribution in [2.45, 2.75) is 82.9 Å². The maximum Gasteiger partial charge on any atom is 0.122 e. The first-order chi connectivity index (χ1) is 16.7. The maximum absolute atomic E-state index is 10.8. The monoisotopic (exact) mass is 458 g/mol. The zero-order valence-corrected chi connectivity index (χ0v) is 20.5. The van der Waals surface area contributed by atoms with Gasteiger partial charge in [0.15, 0.2) is 0 Å². The van der Waals surface area contributed by atoms with E-state index in [1.807, 2.05) is 18.2 Å². The lowest BCUT2D eigenvalue weighted by Gasteiger charge is -2.40. The van der Waals surface area contributed by atoms with Crippen LogP contribution in [0.2, 0.25) is 0 Å². The number of para-hydroxylation sites is 1. The Hall–Kier alpha value is -2.30. The second-order valence-corrected chi connectivity index (χ2v) is 10.8. The summed E-state index contributed by atoms with van der Waals surface area (Å²) in [4.78, 5) is 2.52. The molecule has 2 aliphatic carbocycles. The normalized spacial score (nSPS) is 22.0. The molecule has 1 fully saturated rings. The molecule has 0 bridgehead atoms. The van der Waals surface area contributed by atoms with Crippen LogP contribution in [0.5, 0.6) is 5.75 Å². The molecule has 3 aromatic rings. The SMILES string of the molecule is Cc1ccccc1OC[C@@H](O)CN1CCn2c3c(c4cc(C5CCCCC5)ccc42)CCC[C@@H]31. The van der Waals surface area contributed by atoms with Gasteiger partial charge in [0, 0.05) is 36.2 Å². The molecule has 180 valence electrons. The minimum absolute atomic E-state index is 0.342. The maximum atomic E-state index is 10.8. The molecule has 2 heterocycles. The zero-order chi connectivity index (χ0) is 23.1. The van der Waals surface area contributed by atoms with Crippen LogP contribution in [0.15, 0.2) is 42.5 Å². The van der Waals surface area contributed by atoms with Crippen LogP contribution in [-0.2, 0) is 13.0 Å². The highest BCUT2D eigenvalue weighted by Crippen LogP contribution is 2.44. The summed E-state index contributed by atoms with van der Waals surface area (Å²) in [6.45, 7) is 5.07. The molecule has 0 saturated heterocycles. The summed E-state index contributed by atoms with van der Waals surface area (Å²) in [5.74, 6) is 1.62. The Bertz CT molecular complexity index is 1160. The topological polar surface area (TPSA) is 37.6 Å². The van der Waals surface area contributed by atoms with Gasteiger partial charge in [-0.3, -0.25) is 4.90 Å². The fraction of sp³-hybridized carbons (Fsp3) is 0.533. The number of hydrogen-bond acceptors (Lipinski definition) is 3. The Morgan fingerprint density at radius 2 is 1.85 bits per heavy atom. The molecule has 4 nitrogen and oxygen atoms in total. The van der Waals surface area contributed by atoms with E-state index in [1.54, 1.807) is 11.1 Å². The van der Waals surface area contributed by atoms with Gasteiger partial charge in [0.05, 0.1) is 6.04 Å². The van der Waals surface area contributed by atoms with Crippen LogP contribution in [0, 0.1) is 6.92 Å². The largest absolute Gasteiger partial charge is 0.491 e. The van der Waals surface area contributed by atoms with Crippen molar-refractivity contribution in [2.75, 3.05) is 19.7 Å². The third-order valence-electron chi connectivity index (χ3n) is 8.55. The van der Waals surface area contributed by atoms with Gasteiger partial charge in [-0.2, -0.15) is 0 Å². The molecular formula is C30H38N2O2. The van der Waals surface area contributed by atoms with Crippen molar-refractivity contribution in [1.82, 2.24) is 9.47 Å². The predicted octanol–water partition coefficient (Wildman–Crippen LogP) is 6.13. The summed E-state index contributed by atoms with van der Waals surface area (Å²) >= 11 is 0. The molecule has 6 rings (SSSR count). The van der Waals surface area contributed by atoms with Gasteiger partial charge in [-0.05, 0) is 79.8 Å². The van der Waals surface area contributed by atoms with E-state index in [9.17, 15) is 5.11 Å². The van der Waals surface area contributed by atoms with Crippen LogP contribution in [0.25, 0.3) is 10.9 Å². The van der Waals surface area contributed by atoms with Crippen molar-refractivity contribution >= 4 is 10.9 Å². The molecule has 0 radical (unpaired) electrons. The number of aryl methyl sites for hydroxylation is 2. The van der Waals surface area contributed by atoms with E-state index >= 15 is 0 Å². The molecule has 34 heavy (non-hydrogen) atoms. The number of rotatable bonds is 6. The Labute approximate surface area is 203 Å². The second kappa shape index (κ2) is 9.39. The minimum atomic E-state index is -0.487. The van der Waals surface area contributed by atoms with E-state index < -0.39 is 6.10 Å². The predicted molar refractivity (Wildman–Crippen MR) is 138 cm³/mol. The Morgan fingerprint density at radius 1 is 1.00 bits per heavy atom. The van der Waals surface area contributed by atoms with Crippen molar-refractivity contribution < 1.29 is 9.84 Å². The van der Waals surface area contributed by atoms with Crippen molar-refractivity contribution in [2.24, 2.45) is 0 Å². The van der Waals surface area contributed by atoms with Gasteiger partial charge in [0.25, 0.3) is 0 Å². The van der Waals surface area contributed by atoms with Gasteiger partial charge in [-0.1, -0.05) is 43.5 Å². The average Bonchev–Trinajstić information content (AvgIpc) is 3.20. The number of ether oxygens (including phenoxy) is 1. The van der Waals surface area contributed by atoms with E-state index in [4.69, 9.17) is 4.74 Å². The smallest absolute Gasteiger partial charge is 0.122 e. The summed E-state index contributed by atoms with van der Waals surface area (Å²) in [5, 5.41) is 12.4. The van der Waals surface area contributed by atoms with Crippen molar-refractivity contribution in [3.63, 3.8) is 0 Å². The molecule has 0 amide bonds. The molecule has 2 atom stereocenters. The number of hydrogen-bond donors (Lipinski definition) is 1. The van der Waals surface area contributed by atoms with Gasteiger partial charge in [-0.25, -0.2) is 0 Å². The summed E-state index contributed by atoms with van der Waals surface area (Å²) in [5.41, 5.74) is 7.22. The Kier molecular flexibility index (Phi) is 6.13. The van der Waals surface area contributed by atoms with Crippen LogP contribution in [0.4, 0.5) is 0 Å². The van der Waals surface area contributed by atoms with Gasteiger partial charge < -0.3 is 14.4 Å². The molecule has 1 aliphatic heterocycles. The highest BCUT2D eigenvalue weighted by molar-refractivity contribution is 5.87. The van der Waals surface area contributed by atoms with E-state index in [-0.39, 0.29) is 0 Å². The fourth-order valence-corrected chi connectivity index (χ4v) is 6.83. The van der Waals surface area contributed by atoms with E-state index in [0.29, 0.717) is 19.2 Å². The first-order valence-electron chi connectivity index (χ1n) is 13.4. The number of aliphatic hydroxyl groups excluding tert-OH is 1. The number of aliphatic hydroxyl groups is 1. The average molecular weight is 459 g/mol. The summed E-state index contributed by atoms with van der Waals surface area (Å²) < 4.78 is 8.56. The lowest BCUT2D eigenvalue weighted by molar-refractivity contribution is 0.0373. The number of nitrogens with zero attached hydrogens (tertiary/aromatic N) is 2. The third-order valence-corrected chi connectivity index (χ3v) is 8.55. The van der Waals surface area contributed by atoms with Gasteiger partial charge in [0.1, 0.15) is 18.5 Å². The summed E-state index contributed by atoms with van der Waals surface area (Å²) in [6, 6.07) is 15.8. The van der Waals surface area contributed by atoms with Crippen LogP contribution in [-0.4, -0.2) is 40.4 Å². The van der Waals surface area contributed by atoms with Crippen LogP contribution >= 0.6 is 0 Å². The highest BCUT2D eigenvalue weighted by atomic mass is 16.5. The van der Waals surface area contributed by atoms with Crippen molar-refractivity contribution in [1.29, 1.82) is 0 Å². The number of aromatic nitrogens is 1. The van der Waals surface area contributed by atoms with Crippen molar-refractivity contribution in [3.05, 3.63) is 64.8 Å².